The van der Waals surface area contributed by atoms with E-state index in [0.717, 1.165) is 39.5 Å². The first kappa shape index (κ1) is 21.6. The number of hydrogen-bond donors (Lipinski definition) is 1. The lowest BCUT2D eigenvalue weighted by Gasteiger charge is -2.22. The molecule has 6 rings (SSSR count). The van der Waals surface area contributed by atoms with E-state index in [-0.39, 0.29) is 6.10 Å². The number of anilines is 1. The summed E-state index contributed by atoms with van der Waals surface area (Å²) in [6.07, 6.45) is 6.74. The van der Waals surface area contributed by atoms with E-state index in [0.29, 0.717) is 46.7 Å². The number of ether oxygens (including phenoxy) is 1. The van der Waals surface area contributed by atoms with Crippen LogP contribution in [0.15, 0.2) is 30.5 Å². The molecule has 7 nitrogen and oxygen atoms in total. The van der Waals surface area contributed by atoms with Crippen LogP contribution in [0.3, 0.4) is 0 Å². The SMILES string of the molecule is CN(C)c1nc2nc(C3=C[C@H](c4c[nH]nc4C4CC4)OCC3)nc(-c3ccc(Cl)cc3F)c2s1. The van der Waals surface area contributed by atoms with Crippen molar-refractivity contribution in [3.8, 4) is 11.3 Å². The van der Waals surface area contributed by atoms with Gasteiger partial charge in [-0.1, -0.05) is 22.9 Å². The maximum atomic E-state index is 15.0. The number of H-pyrrole nitrogens is 1. The molecule has 1 aliphatic heterocycles. The summed E-state index contributed by atoms with van der Waals surface area (Å²) in [5.74, 6) is 0.622. The summed E-state index contributed by atoms with van der Waals surface area (Å²) < 4.78 is 21.8. The van der Waals surface area contributed by atoms with Crippen molar-refractivity contribution in [1.29, 1.82) is 0 Å². The molecular weight excluding hydrogens is 475 g/mol. The third-order valence-electron chi connectivity index (χ3n) is 6.09. The summed E-state index contributed by atoms with van der Waals surface area (Å²) >= 11 is 7.45. The molecule has 1 saturated carbocycles. The van der Waals surface area contributed by atoms with E-state index in [4.69, 9.17) is 26.3 Å². The molecule has 34 heavy (non-hydrogen) atoms. The fourth-order valence-corrected chi connectivity index (χ4v) is 5.30. The summed E-state index contributed by atoms with van der Waals surface area (Å²) in [6, 6.07) is 4.64. The Balaban J connectivity index is 1.49. The standard InChI is InChI=1S/C24H22ClFN6OS/c1-32(2)24-30-23-21(34-24)20(15-6-5-14(25)10-17(15)26)28-22(29-23)13-7-8-33-18(9-13)16-11-27-31-19(16)12-3-4-12/h5-6,9-12,18H,3-4,7-8H2,1-2H3,(H,27,31)/t18-/m1/s1. The zero-order valence-corrected chi connectivity index (χ0v) is 20.3. The number of thiazole rings is 1. The highest BCUT2D eigenvalue weighted by molar-refractivity contribution is 7.22. The fraction of sp³-hybridized carbons (Fsp3) is 0.333. The van der Waals surface area contributed by atoms with Gasteiger partial charge in [-0.05, 0) is 49.1 Å². The number of rotatable bonds is 5. The van der Waals surface area contributed by atoms with Crippen LogP contribution in [0.2, 0.25) is 5.02 Å². The highest BCUT2D eigenvalue weighted by Gasteiger charge is 2.32. The van der Waals surface area contributed by atoms with Gasteiger partial charge in [-0.2, -0.15) is 10.1 Å². The van der Waals surface area contributed by atoms with Crippen molar-refractivity contribution in [2.75, 3.05) is 25.6 Å². The Morgan fingerprint density at radius 3 is 2.82 bits per heavy atom. The van der Waals surface area contributed by atoms with Crippen molar-refractivity contribution in [2.45, 2.75) is 31.3 Å². The van der Waals surface area contributed by atoms with Crippen LogP contribution in [-0.2, 0) is 4.74 Å². The largest absolute Gasteiger partial charge is 0.369 e. The fourth-order valence-electron chi connectivity index (χ4n) is 4.21. The molecular formula is C24H22ClFN6OS. The average molecular weight is 497 g/mol. The maximum absolute atomic E-state index is 15.0. The molecule has 4 aromatic rings. The minimum absolute atomic E-state index is 0.221. The van der Waals surface area contributed by atoms with Gasteiger partial charge in [-0.15, -0.1) is 0 Å². The lowest BCUT2D eigenvalue weighted by molar-refractivity contribution is 0.0820. The first-order valence-electron chi connectivity index (χ1n) is 11.2. The molecule has 0 bridgehead atoms. The first-order chi connectivity index (χ1) is 16.5. The van der Waals surface area contributed by atoms with Crippen LogP contribution in [0.1, 0.15) is 48.4 Å². The number of nitrogens with zero attached hydrogens (tertiary/aromatic N) is 5. The highest BCUT2D eigenvalue weighted by atomic mass is 35.5. The molecule has 0 amide bonds. The summed E-state index contributed by atoms with van der Waals surface area (Å²) in [5.41, 5.74) is 4.55. The molecule has 1 fully saturated rings. The monoisotopic (exact) mass is 496 g/mol. The Hall–Kier alpha value is -2.88. The number of nitrogens with one attached hydrogen (secondary N) is 1. The summed E-state index contributed by atoms with van der Waals surface area (Å²) in [6.45, 7) is 0.540. The molecule has 1 atom stereocenters. The van der Waals surface area contributed by atoms with E-state index in [1.54, 1.807) is 12.1 Å². The van der Waals surface area contributed by atoms with Crippen LogP contribution in [0.25, 0.3) is 27.2 Å². The van der Waals surface area contributed by atoms with Crippen LogP contribution in [-0.4, -0.2) is 45.9 Å². The number of halogens is 2. The van der Waals surface area contributed by atoms with Crippen LogP contribution in [0, 0.1) is 5.82 Å². The molecule has 0 unspecified atom stereocenters. The molecule has 4 heterocycles. The third kappa shape index (κ3) is 3.87. The Labute approximate surface area is 204 Å². The Kier molecular flexibility index (Phi) is 5.35. The molecule has 3 aromatic heterocycles. The smallest absolute Gasteiger partial charge is 0.187 e. The number of fused-ring (bicyclic) bond motifs is 1. The quantitative estimate of drug-likeness (QED) is 0.378. The van der Waals surface area contributed by atoms with Crippen LogP contribution >= 0.6 is 22.9 Å². The van der Waals surface area contributed by atoms with Gasteiger partial charge < -0.3 is 9.64 Å². The van der Waals surface area contributed by atoms with Crippen LogP contribution in [0.5, 0.6) is 0 Å². The van der Waals surface area contributed by atoms with Gasteiger partial charge in [0.2, 0.25) is 0 Å². The van der Waals surface area contributed by atoms with E-state index in [9.17, 15) is 4.39 Å². The Bertz CT molecular complexity index is 1430. The number of hydrogen-bond acceptors (Lipinski definition) is 7. The molecule has 1 N–H and O–H groups in total. The second kappa shape index (κ2) is 8.41. The first-order valence-corrected chi connectivity index (χ1v) is 12.3. The summed E-state index contributed by atoms with van der Waals surface area (Å²) in [5, 5.41) is 8.57. The lowest BCUT2D eigenvalue weighted by atomic mass is 10.0. The minimum Gasteiger partial charge on any atom is -0.369 e. The van der Waals surface area contributed by atoms with E-state index in [1.807, 2.05) is 25.2 Å². The second-order valence-electron chi connectivity index (χ2n) is 8.80. The van der Waals surface area contributed by atoms with Crippen molar-refractivity contribution >= 4 is 44.0 Å². The Morgan fingerprint density at radius 1 is 1.21 bits per heavy atom. The number of aromatic amines is 1. The normalized spacial score (nSPS) is 18.4. The van der Waals surface area contributed by atoms with Gasteiger partial charge >= 0.3 is 0 Å². The summed E-state index contributed by atoms with van der Waals surface area (Å²) in [4.78, 5) is 16.2. The van der Waals surface area contributed by atoms with Crippen molar-refractivity contribution in [3.63, 3.8) is 0 Å². The van der Waals surface area contributed by atoms with Crippen molar-refractivity contribution in [3.05, 3.63) is 58.4 Å². The zero-order chi connectivity index (χ0) is 23.4. The molecule has 1 aliphatic carbocycles. The molecule has 2 aliphatic rings. The van der Waals surface area contributed by atoms with Gasteiger partial charge in [-0.3, -0.25) is 5.10 Å². The van der Waals surface area contributed by atoms with Crippen LogP contribution in [0.4, 0.5) is 9.52 Å². The van der Waals surface area contributed by atoms with Crippen molar-refractivity contribution < 1.29 is 9.13 Å². The average Bonchev–Trinajstić information content (AvgIpc) is 3.38. The molecule has 1 aromatic carbocycles. The van der Waals surface area contributed by atoms with E-state index in [1.165, 1.54) is 17.4 Å². The molecule has 10 heteroatoms. The van der Waals surface area contributed by atoms with Gasteiger partial charge in [0.15, 0.2) is 16.6 Å². The topological polar surface area (TPSA) is 79.8 Å². The minimum atomic E-state index is -0.426. The van der Waals surface area contributed by atoms with Gasteiger partial charge in [-0.25, -0.2) is 14.4 Å². The van der Waals surface area contributed by atoms with Gasteiger partial charge in [0.25, 0.3) is 0 Å². The molecule has 0 radical (unpaired) electrons. The van der Waals surface area contributed by atoms with Gasteiger partial charge in [0.1, 0.15) is 16.6 Å². The second-order valence-corrected chi connectivity index (χ2v) is 10.2. The lowest BCUT2D eigenvalue weighted by Crippen LogP contribution is -2.12. The van der Waals surface area contributed by atoms with Gasteiger partial charge in [0.05, 0.1) is 18.0 Å². The van der Waals surface area contributed by atoms with Crippen molar-refractivity contribution in [2.24, 2.45) is 0 Å². The zero-order valence-electron chi connectivity index (χ0n) is 18.7. The number of benzene rings is 1. The van der Waals surface area contributed by atoms with Gasteiger partial charge in [0, 0.05) is 42.4 Å². The predicted molar refractivity (Wildman–Crippen MR) is 132 cm³/mol. The maximum Gasteiger partial charge on any atom is 0.187 e. The number of aromatic nitrogens is 5. The van der Waals surface area contributed by atoms with Crippen LogP contribution < -0.4 is 4.90 Å². The molecule has 0 saturated heterocycles. The third-order valence-corrected chi connectivity index (χ3v) is 7.55. The Morgan fingerprint density at radius 2 is 2.06 bits per heavy atom. The van der Waals surface area contributed by atoms with E-state index < -0.39 is 5.82 Å². The molecule has 174 valence electrons. The van der Waals surface area contributed by atoms with E-state index >= 15 is 0 Å². The predicted octanol–water partition coefficient (Wildman–Crippen LogP) is 5.76. The molecule has 0 spiro atoms. The van der Waals surface area contributed by atoms with E-state index in [2.05, 4.69) is 21.3 Å². The highest BCUT2D eigenvalue weighted by Crippen LogP contribution is 2.44. The van der Waals surface area contributed by atoms with Crippen molar-refractivity contribution in [1.82, 2.24) is 25.1 Å². The summed E-state index contributed by atoms with van der Waals surface area (Å²) in [7, 11) is 3.84.